The maximum Gasteiger partial charge on any atom is 0.253 e. The molecule has 0 saturated carbocycles. The molecule has 0 radical (unpaired) electrons. The van der Waals surface area contributed by atoms with Crippen LogP contribution in [0, 0.1) is 0 Å². The molecule has 0 saturated heterocycles. The van der Waals surface area contributed by atoms with Crippen LogP contribution in [0.5, 0.6) is 0 Å². The van der Waals surface area contributed by atoms with Crippen LogP contribution in [0.15, 0.2) is 48.7 Å². The van der Waals surface area contributed by atoms with Gasteiger partial charge in [-0.05, 0) is 42.7 Å². The van der Waals surface area contributed by atoms with Crippen molar-refractivity contribution >= 4 is 35.2 Å². The minimum atomic E-state index is -0.602. The Hall–Kier alpha value is -2.05. The fourth-order valence-electron chi connectivity index (χ4n) is 2.37. The number of aromatic nitrogens is 1. The standard InChI is InChI=1S/C19H22ClN3O2S/c1-26-13-10-17(23-18(24)15-7-2-3-8-16(15)20)19(25)22-12-9-14-6-4-5-11-21-14/h2-8,11,17H,9-10,12-13H2,1H3,(H,22,25)(H,23,24)/t17-/m0/s1. The van der Waals surface area contributed by atoms with Crippen LogP contribution >= 0.6 is 23.4 Å². The predicted octanol–water partition coefficient (Wildman–Crippen LogP) is 2.95. The highest BCUT2D eigenvalue weighted by atomic mass is 35.5. The normalized spacial score (nSPS) is 11.6. The molecule has 26 heavy (non-hydrogen) atoms. The van der Waals surface area contributed by atoms with Crippen LogP contribution in [0.1, 0.15) is 22.5 Å². The van der Waals surface area contributed by atoms with Crippen LogP contribution in [-0.2, 0) is 11.2 Å². The van der Waals surface area contributed by atoms with E-state index in [0.29, 0.717) is 30.0 Å². The van der Waals surface area contributed by atoms with Gasteiger partial charge in [0.2, 0.25) is 5.91 Å². The lowest BCUT2D eigenvalue weighted by Crippen LogP contribution is -2.47. The quantitative estimate of drug-likeness (QED) is 0.689. The lowest BCUT2D eigenvalue weighted by molar-refractivity contribution is -0.122. The zero-order chi connectivity index (χ0) is 18.8. The molecule has 2 N–H and O–H groups in total. The average molecular weight is 392 g/mol. The summed E-state index contributed by atoms with van der Waals surface area (Å²) in [6, 6.07) is 11.9. The van der Waals surface area contributed by atoms with E-state index in [1.807, 2.05) is 24.5 Å². The van der Waals surface area contributed by atoms with E-state index in [9.17, 15) is 9.59 Å². The highest BCUT2D eigenvalue weighted by Gasteiger charge is 2.21. The Bertz CT molecular complexity index is 728. The molecule has 0 unspecified atom stereocenters. The fraction of sp³-hybridized carbons (Fsp3) is 0.316. The van der Waals surface area contributed by atoms with Crippen molar-refractivity contribution in [2.45, 2.75) is 18.9 Å². The Balaban J connectivity index is 1.93. The molecule has 1 aromatic carbocycles. The molecular formula is C19H22ClN3O2S. The van der Waals surface area contributed by atoms with E-state index in [1.165, 1.54) is 0 Å². The lowest BCUT2D eigenvalue weighted by atomic mass is 10.1. The molecule has 0 bridgehead atoms. The van der Waals surface area contributed by atoms with Gasteiger partial charge < -0.3 is 10.6 Å². The van der Waals surface area contributed by atoms with Gasteiger partial charge in [0.05, 0.1) is 10.6 Å². The Kier molecular flexibility index (Phi) is 8.44. The second-order valence-electron chi connectivity index (χ2n) is 5.65. The molecule has 138 valence electrons. The maximum absolute atomic E-state index is 12.5. The van der Waals surface area contributed by atoms with Crippen molar-refractivity contribution in [1.82, 2.24) is 15.6 Å². The number of benzene rings is 1. The molecule has 1 aromatic heterocycles. The van der Waals surface area contributed by atoms with Gasteiger partial charge in [-0.3, -0.25) is 14.6 Å². The Morgan fingerprint density at radius 1 is 1.19 bits per heavy atom. The van der Waals surface area contributed by atoms with Gasteiger partial charge in [-0.2, -0.15) is 11.8 Å². The number of carbonyl (C=O) groups excluding carboxylic acids is 2. The first-order valence-corrected chi connectivity index (χ1v) is 10.1. The number of hydrogen-bond acceptors (Lipinski definition) is 4. The van der Waals surface area contributed by atoms with Crippen molar-refractivity contribution < 1.29 is 9.59 Å². The van der Waals surface area contributed by atoms with Crippen LogP contribution in [0.3, 0.4) is 0 Å². The summed E-state index contributed by atoms with van der Waals surface area (Å²) >= 11 is 7.69. The summed E-state index contributed by atoms with van der Waals surface area (Å²) in [7, 11) is 0. The van der Waals surface area contributed by atoms with Crippen molar-refractivity contribution in [2.24, 2.45) is 0 Å². The number of amides is 2. The SMILES string of the molecule is CSCC[C@H](NC(=O)c1ccccc1Cl)C(=O)NCCc1ccccn1. The lowest BCUT2D eigenvalue weighted by Gasteiger charge is -2.18. The first-order valence-electron chi connectivity index (χ1n) is 8.33. The van der Waals surface area contributed by atoms with Gasteiger partial charge in [0.25, 0.3) is 5.91 Å². The summed E-state index contributed by atoms with van der Waals surface area (Å²) in [5.41, 5.74) is 1.28. The smallest absolute Gasteiger partial charge is 0.253 e. The first-order chi connectivity index (χ1) is 12.6. The van der Waals surface area contributed by atoms with Crippen molar-refractivity contribution in [3.63, 3.8) is 0 Å². The number of thioether (sulfide) groups is 1. The van der Waals surface area contributed by atoms with E-state index >= 15 is 0 Å². The summed E-state index contributed by atoms with van der Waals surface area (Å²) in [6.45, 7) is 0.466. The molecule has 2 rings (SSSR count). The van der Waals surface area contributed by atoms with E-state index in [0.717, 1.165) is 11.4 Å². The van der Waals surface area contributed by atoms with Crippen LogP contribution in [0.2, 0.25) is 5.02 Å². The van der Waals surface area contributed by atoms with Gasteiger partial charge in [0.1, 0.15) is 6.04 Å². The molecule has 0 spiro atoms. The molecule has 0 aliphatic carbocycles. The van der Waals surface area contributed by atoms with Gasteiger partial charge in [0, 0.05) is 24.9 Å². The molecule has 2 aromatic rings. The van der Waals surface area contributed by atoms with E-state index in [-0.39, 0.29) is 11.8 Å². The Morgan fingerprint density at radius 3 is 2.65 bits per heavy atom. The van der Waals surface area contributed by atoms with Gasteiger partial charge >= 0.3 is 0 Å². The van der Waals surface area contributed by atoms with E-state index in [2.05, 4.69) is 15.6 Å². The average Bonchev–Trinajstić information content (AvgIpc) is 2.66. The molecular weight excluding hydrogens is 370 g/mol. The first kappa shape index (κ1) is 20.3. The van der Waals surface area contributed by atoms with Crippen molar-refractivity contribution in [2.75, 3.05) is 18.6 Å². The minimum absolute atomic E-state index is 0.199. The molecule has 2 amide bonds. The Labute approximate surface area is 162 Å². The summed E-state index contributed by atoms with van der Waals surface area (Å²) in [4.78, 5) is 29.2. The van der Waals surface area contributed by atoms with Crippen molar-refractivity contribution in [3.8, 4) is 0 Å². The molecule has 7 heteroatoms. The van der Waals surface area contributed by atoms with Crippen LogP contribution < -0.4 is 10.6 Å². The van der Waals surface area contributed by atoms with E-state index < -0.39 is 6.04 Å². The topological polar surface area (TPSA) is 71.1 Å². The summed E-state index contributed by atoms with van der Waals surface area (Å²) < 4.78 is 0. The number of hydrogen-bond donors (Lipinski definition) is 2. The van der Waals surface area contributed by atoms with Gasteiger partial charge in [-0.1, -0.05) is 29.8 Å². The summed E-state index contributed by atoms with van der Waals surface area (Å²) in [5.74, 6) is 0.221. The molecule has 0 aliphatic heterocycles. The summed E-state index contributed by atoms with van der Waals surface area (Å²) in [5, 5.41) is 6.03. The number of rotatable bonds is 9. The highest BCUT2D eigenvalue weighted by molar-refractivity contribution is 7.98. The maximum atomic E-state index is 12.5. The third kappa shape index (κ3) is 6.35. The van der Waals surface area contributed by atoms with Crippen LogP contribution in [0.25, 0.3) is 0 Å². The molecule has 0 aliphatic rings. The third-order valence-electron chi connectivity index (χ3n) is 3.76. The number of nitrogens with one attached hydrogen (secondary N) is 2. The third-order valence-corrected chi connectivity index (χ3v) is 4.73. The molecule has 1 heterocycles. The minimum Gasteiger partial charge on any atom is -0.354 e. The number of carbonyl (C=O) groups is 2. The number of nitrogens with zero attached hydrogens (tertiary/aromatic N) is 1. The van der Waals surface area contributed by atoms with Gasteiger partial charge in [-0.15, -0.1) is 0 Å². The van der Waals surface area contributed by atoms with Crippen molar-refractivity contribution in [3.05, 3.63) is 64.9 Å². The number of pyridine rings is 1. The number of halogens is 1. The monoisotopic (exact) mass is 391 g/mol. The van der Waals surface area contributed by atoms with Crippen LogP contribution in [-0.4, -0.2) is 41.4 Å². The highest BCUT2D eigenvalue weighted by Crippen LogP contribution is 2.15. The summed E-state index contributed by atoms with van der Waals surface area (Å²) in [6.07, 6.45) is 4.88. The largest absolute Gasteiger partial charge is 0.354 e. The fourth-order valence-corrected chi connectivity index (χ4v) is 3.06. The zero-order valence-electron chi connectivity index (χ0n) is 14.6. The van der Waals surface area contributed by atoms with Crippen molar-refractivity contribution in [1.29, 1.82) is 0 Å². The Morgan fingerprint density at radius 2 is 1.96 bits per heavy atom. The second kappa shape index (κ2) is 10.8. The predicted molar refractivity (Wildman–Crippen MR) is 107 cm³/mol. The van der Waals surface area contributed by atoms with Crippen LogP contribution in [0.4, 0.5) is 0 Å². The molecule has 5 nitrogen and oxygen atoms in total. The second-order valence-corrected chi connectivity index (χ2v) is 7.04. The van der Waals surface area contributed by atoms with Gasteiger partial charge in [0.15, 0.2) is 0 Å². The molecule has 0 fully saturated rings. The molecule has 1 atom stereocenters. The van der Waals surface area contributed by atoms with E-state index in [1.54, 1.807) is 42.2 Å². The zero-order valence-corrected chi connectivity index (χ0v) is 16.1. The van der Waals surface area contributed by atoms with E-state index in [4.69, 9.17) is 11.6 Å². The van der Waals surface area contributed by atoms with Gasteiger partial charge in [-0.25, -0.2) is 0 Å².